The minimum atomic E-state index is 0. The maximum absolute atomic E-state index is 9.58. The number of unbranched alkanes of at least 4 members (excludes halogenated alkanes) is 6. The van der Waals surface area contributed by atoms with Crippen molar-refractivity contribution in [2.75, 3.05) is 0 Å². The molecule has 0 aliphatic heterocycles. The van der Waals surface area contributed by atoms with E-state index in [4.69, 9.17) is 0 Å². The Balaban J connectivity index is 0.00000256. The summed E-state index contributed by atoms with van der Waals surface area (Å²) in [7, 11) is 0. The Morgan fingerprint density at radius 3 is 2.12 bits per heavy atom. The molecular weight excluding hydrogens is 219 g/mol. The third kappa shape index (κ3) is 7.86. The van der Waals surface area contributed by atoms with E-state index < -0.39 is 0 Å². The summed E-state index contributed by atoms with van der Waals surface area (Å²) in [6.45, 7) is 2.25. The Morgan fingerprint density at radius 1 is 0.882 bits per heavy atom. The van der Waals surface area contributed by atoms with Crippen molar-refractivity contribution in [2.45, 2.75) is 58.3 Å². The van der Waals surface area contributed by atoms with Crippen LogP contribution in [0, 0.1) is 0 Å². The molecule has 90 valence electrons. The van der Waals surface area contributed by atoms with Gasteiger partial charge in [-0.1, -0.05) is 63.6 Å². The number of phenols is 1. The fourth-order valence-corrected chi connectivity index (χ4v) is 1.99. The fourth-order valence-electron chi connectivity index (χ4n) is 1.99. The van der Waals surface area contributed by atoms with Gasteiger partial charge in [0.1, 0.15) is 5.75 Å². The summed E-state index contributed by atoms with van der Waals surface area (Å²) >= 11 is 0. The number of phenolic OH excluding ortho intramolecular Hbond substituents is 1. The van der Waals surface area contributed by atoms with Gasteiger partial charge in [0.15, 0.2) is 0 Å². The summed E-state index contributed by atoms with van der Waals surface area (Å²) in [5.74, 6) is 0.452. The molecule has 0 saturated heterocycles. The van der Waals surface area contributed by atoms with E-state index in [2.05, 4.69) is 6.92 Å². The number of para-hydroxylation sites is 1. The molecule has 0 amide bonds. The molecule has 1 nitrogen and oxygen atoms in total. The molecule has 17 heavy (non-hydrogen) atoms. The minimum Gasteiger partial charge on any atom is -0.508 e. The summed E-state index contributed by atoms with van der Waals surface area (Å²) in [6.07, 6.45) is 10.3. The van der Waals surface area contributed by atoms with Gasteiger partial charge in [0.05, 0.1) is 0 Å². The summed E-state index contributed by atoms with van der Waals surface area (Å²) in [4.78, 5) is 0. The van der Waals surface area contributed by atoms with Crippen molar-refractivity contribution in [1.82, 2.24) is 0 Å². The molecule has 0 radical (unpaired) electrons. The largest absolute Gasteiger partial charge is 1.00 e. The van der Waals surface area contributed by atoms with Crippen LogP contribution in [0.3, 0.4) is 0 Å². The van der Waals surface area contributed by atoms with Gasteiger partial charge in [0.2, 0.25) is 0 Å². The molecule has 0 fully saturated rings. The predicted molar refractivity (Wildman–Crippen MR) is 69.8 cm³/mol. The third-order valence-corrected chi connectivity index (χ3v) is 3.04. The first kappa shape index (κ1) is 17.0. The van der Waals surface area contributed by atoms with Gasteiger partial charge < -0.3 is 5.11 Å². The van der Waals surface area contributed by atoms with Crippen molar-refractivity contribution >= 4 is 0 Å². The average Bonchev–Trinajstić information content (AvgIpc) is 2.30. The number of benzene rings is 1. The Morgan fingerprint density at radius 2 is 1.47 bits per heavy atom. The summed E-state index contributed by atoms with van der Waals surface area (Å²) in [5.41, 5.74) is 1.09. The SMILES string of the molecule is CCCCCCCCCc1ccccc1O.[Na+]. The second kappa shape index (κ2) is 11.1. The third-order valence-electron chi connectivity index (χ3n) is 3.04. The van der Waals surface area contributed by atoms with Gasteiger partial charge in [-0.05, 0) is 24.5 Å². The molecule has 0 aliphatic carbocycles. The van der Waals surface area contributed by atoms with E-state index in [1.165, 1.54) is 44.9 Å². The summed E-state index contributed by atoms with van der Waals surface area (Å²) in [6, 6.07) is 7.67. The molecule has 1 aromatic rings. The van der Waals surface area contributed by atoms with E-state index >= 15 is 0 Å². The van der Waals surface area contributed by atoms with Gasteiger partial charge in [-0.3, -0.25) is 0 Å². The van der Waals surface area contributed by atoms with E-state index in [-0.39, 0.29) is 29.6 Å². The van der Waals surface area contributed by atoms with Crippen LogP contribution in [-0.4, -0.2) is 5.11 Å². The van der Waals surface area contributed by atoms with Crippen LogP contribution in [-0.2, 0) is 6.42 Å². The Hall–Kier alpha value is 0.0200. The average molecular weight is 243 g/mol. The molecule has 0 heterocycles. The van der Waals surface area contributed by atoms with Gasteiger partial charge in [0.25, 0.3) is 0 Å². The second-order valence-electron chi connectivity index (χ2n) is 4.50. The Bertz CT molecular complexity index is 286. The number of rotatable bonds is 8. The molecule has 2 heteroatoms. The zero-order chi connectivity index (χ0) is 11.6. The van der Waals surface area contributed by atoms with Crippen molar-refractivity contribution in [3.63, 3.8) is 0 Å². The van der Waals surface area contributed by atoms with Crippen molar-refractivity contribution in [3.8, 4) is 5.75 Å². The van der Waals surface area contributed by atoms with Gasteiger partial charge >= 0.3 is 29.6 Å². The van der Waals surface area contributed by atoms with Gasteiger partial charge in [-0.15, -0.1) is 0 Å². The summed E-state index contributed by atoms with van der Waals surface area (Å²) < 4.78 is 0. The number of hydrogen-bond acceptors (Lipinski definition) is 1. The predicted octanol–water partition coefficient (Wildman–Crippen LogP) is 1.69. The van der Waals surface area contributed by atoms with Crippen LogP contribution < -0.4 is 29.6 Å². The molecule has 0 bridgehead atoms. The molecule has 1 rings (SSSR count). The molecule has 1 aromatic carbocycles. The van der Waals surface area contributed by atoms with Gasteiger partial charge in [-0.2, -0.15) is 0 Å². The standard InChI is InChI=1S/C15H24O.Na/c1-2-3-4-5-6-7-8-11-14-12-9-10-13-15(14)16;/h9-10,12-13,16H,2-8,11H2,1H3;/q;+1. The van der Waals surface area contributed by atoms with E-state index in [1.807, 2.05) is 18.2 Å². The van der Waals surface area contributed by atoms with E-state index in [9.17, 15) is 5.11 Å². The molecule has 0 unspecified atom stereocenters. The van der Waals surface area contributed by atoms with Crippen LogP contribution in [0.15, 0.2) is 24.3 Å². The second-order valence-corrected chi connectivity index (χ2v) is 4.50. The van der Waals surface area contributed by atoms with Crippen molar-refractivity contribution in [3.05, 3.63) is 29.8 Å². The van der Waals surface area contributed by atoms with E-state index in [0.29, 0.717) is 5.75 Å². The van der Waals surface area contributed by atoms with Crippen molar-refractivity contribution in [2.24, 2.45) is 0 Å². The summed E-state index contributed by atoms with van der Waals surface area (Å²) in [5, 5.41) is 9.58. The first-order valence-electron chi connectivity index (χ1n) is 6.61. The molecule has 0 aliphatic rings. The maximum atomic E-state index is 9.58. The zero-order valence-corrected chi connectivity index (χ0v) is 13.4. The van der Waals surface area contributed by atoms with Crippen LogP contribution in [0.4, 0.5) is 0 Å². The zero-order valence-electron chi connectivity index (χ0n) is 11.4. The molecule has 0 aromatic heterocycles. The van der Waals surface area contributed by atoms with Crippen LogP contribution in [0.25, 0.3) is 0 Å². The monoisotopic (exact) mass is 243 g/mol. The van der Waals surface area contributed by atoms with Gasteiger partial charge in [0, 0.05) is 0 Å². The molecule has 0 spiro atoms. The topological polar surface area (TPSA) is 20.2 Å². The first-order chi connectivity index (χ1) is 7.84. The molecular formula is C15H24NaO+. The van der Waals surface area contributed by atoms with Gasteiger partial charge in [-0.25, -0.2) is 0 Å². The van der Waals surface area contributed by atoms with Crippen molar-refractivity contribution < 1.29 is 34.7 Å². The number of hydrogen-bond donors (Lipinski definition) is 1. The van der Waals surface area contributed by atoms with Crippen LogP contribution in [0.2, 0.25) is 0 Å². The van der Waals surface area contributed by atoms with E-state index in [0.717, 1.165) is 12.0 Å². The molecule has 1 N–H and O–H groups in total. The van der Waals surface area contributed by atoms with E-state index in [1.54, 1.807) is 6.07 Å². The molecule has 0 atom stereocenters. The van der Waals surface area contributed by atoms with Crippen molar-refractivity contribution in [1.29, 1.82) is 0 Å². The fraction of sp³-hybridized carbons (Fsp3) is 0.600. The smallest absolute Gasteiger partial charge is 0.508 e. The minimum absolute atomic E-state index is 0. The quantitative estimate of drug-likeness (QED) is 0.544. The molecule has 0 saturated carbocycles. The first-order valence-corrected chi connectivity index (χ1v) is 6.61. The Labute approximate surface area is 128 Å². The van der Waals surface area contributed by atoms with Crippen LogP contribution in [0.5, 0.6) is 5.75 Å². The maximum Gasteiger partial charge on any atom is 1.00 e. The van der Waals surface area contributed by atoms with Crippen LogP contribution >= 0.6 is 0 Å². The number of aromatic hydroxyl groups is 1. The number of aryl methyl sites for hydroxylation is 1. The Kier molecular flexibility index (Phi) is 11.1. The van der Waals surface area contributed by atoms with Crippen LogP contribution in [0.1, 0.15) is 57.4 Å². The normalized spacial score (nSPS) is 9.94.